The number of halogens is 1. The Kier molecular flexibility index (Phi) is 3.69. The van der Waals surface area contributed by atoms with Crippen LogP contribution in [-0.2, 0) is 11.3 Å². The number of hydrogen-bond donors (Lipinski definition) is 1. The quantitative estimate of drug-likeness (QED) is 0.805. The molecule has 0 unspecified atom stereocenters. The fraction of sp³-hybridized carbons (Fsp3) is 0.188. The molecule has 0 atom stereocenters. The number of aryl methyl sites for hydroxylation is 2. The number of furan rings is 1. The van der Waals surface area contributed by atoms with Crippen molar-refractivity contribution in [2.45, 2.75) is 20.4 Å². The SMILES string of the molecule is Cc1oc2ncn(CC(=O)Nc3cccc(F)c3)c(=O)c2c1C. The molecule has 0 aliphatic carbocycles. The standard InChI is InChI=1S/C16H14FN3O3/c1-9-10(2)23-15-14(9)16(22)20(8-18-15)7-13(21)19-12-5-3-4-11(17)6-12/h3-6,8H,7H2,1-2H3,(H,19,21). The van der Waals surface area contributed by atoms with Crippen LogP contribution in [-0.4, -0.2) is 15.5 Å². The van der Waals surface area contributed by atoms with Crippen molar-refractivity contribution in [1.29, 1.82) is 0 Å². The summed E-state index contributed by atoms with van der Waals surface area (Å²) in [4.78, 5) is 28.5. The van der Waals surface area contributed by atoms with Gasteiger partial charge in [-0.2, -0.15) is 0 Å². The van der Waals surface area contributed by atoms with E-state index < -0.39 is 11.7 Å². The van der Waals surface area contributed by atoms with E-state index in [2.05, 4.69) is 10.3 Å². The molecule has 0 aliphatic rings. The molecule has 1 amide bonds. The van der Waals surface area contributed by atoms with Gasteiger partial charge in [-0.25, -0.2) is 9.37 Å². The Morgan fingerprint density at radius 3 is 2.91 bits per heavy atom. The fourth-order valence-corrected chi connectivity index (χ4v) is 2.30. The number of amides is 1. The summed E-state index contributed by atoms with van der Waals surface area (Å²) in [5.74, 6) is -0.282. The minimum atomic E-state index is -0.451. The first-order valence-corrected chi connectivity index (χ1v) is 6.96. The third-order valence-corrected chi connectivity index (χ3v) is 3.58. The van der Waals surface area contributed by atoms with Crippen LogP contribution in [0.5, 0.6) is 0 Å². The molecule has 0 saturated heterocycles. The molecule has 1 N–H and O–H groups in total. The highest BCUT2D eigenvalue weighted by Crippen LogP contribution is 2.19. The summed E-state index contributed by atoms with van der Waals surface area (Å²) in [7, 11) is 0. The number of benzene rings is 1. The molecule has 2 aromatic heterocycles. The van der Waals surface area contributed by atoms with Gasteiger partial charge in [0.1, 0.15) is 29.8 Å². The summed E-state index contributed by atoms with van der Waals surface area (Å²) < 4.78 is 19.7. The number of carbonyl (C=O) groups excluding carboxylic acids is 1. The number of anilines is 1. The summed E-state index contributed by atoms with van der Waals surface area (Å²) in [6, 6.07) is 5.53. The van der Waals surface area contributed by atoms with Crippen LogP contribution in [0, 0.1) is 19.7 Å². The Bertz CT molecular complexity index is 959. The number of fused-ring (bicyclic) bond motifs is 1. The Hall–Kier alpha value is -2.96. The second kappa shape index (κ2) is 5.68. The van der Waals surface area contributed by atoms with Gasteiger partial charge in [0.05, 0.1) is 0 Å². The Morgan fingerprint density at radius 2 is 2.17 bits per heavy atom. The molecule has 0 bridgehead atoms. The Labute approximate surface area is 130 Å². The molecule has 0 aliphatic heterocycles. The third-order valence-electron chi connectivity index (χ3n) is 3.58. The molecule has 0 spiro atoms. The zero-order valence-electron chi connectivity index (χ0n) is 12.6. The van der Waals surface area contributed by atoms with Crippen molar-refractivity contribution in [3.8, 4) is 0 Å². The van der Waals surface area contributed by atoms with Gasteiger partial charge in [0.2, 0.25) is 11.6 Å². The highest BCUT2D eigenvalue weighted by Gasteiger charge is 2.15. The molecule has 1 aromatic carbocycles. The van der Waals surface area contributed by atoms with E-state index in [1.807, 2.05) is 0 Å². The van der Waals surface area contributed by atoms with Gasteiger partial charge in [-0.3, -0.25) is 14.2 Å². The first-order valence-electron chi connectivity index (χ1n) is 6.96. The minimum absolute atomic E-state index is 0.220. The maximum atomic E-state index is 13.1. The molecule has 2 heterocycles. The monoisotopic (exact) mass is 315 g/mol. The predicted molar refractivity (Wildman–Crippen MR) is 82.8 cm³/mol. The van der Waals surface area contributed by atoms with Crippen molar-refractivity contribution in [2.24, 2.45) is 0 Å². The van der Waals surface area contributed by atoms with Crippen molar-refractivity contribution in [3.05, 3.63) is 58.1 Å². The maximum Gasteiger partial charge on any atom is 0.265 e. The second-order valence-electron chi connectivity index (χ2n) is 5.20. The average molecular weight is 315 g/mol. The summed E-state index contributed by atoms with van der Waals surface area (Å²) in [6.45, 7) is 3.29. The number of aromatic nitrogens is 2. The molecule has 0 saturated carbocycles. The topological polar surface area (TPSA) is 77.1 Å². The molecule has 3 rings (SSSR count). The minimum Gasteiger partial charge on any atom is -0.443 e. The normalized spacial score (nSPS) is 10.9. The van der Waals surface area contributed by atoms with Crippen LogP contribution >= 0.6 is 0 Å². The van der Waals surface area contributed by atoms with Crippen molar-refractivity contribution in [3.63, 3.8) is 0 Å². The van der Waals surface area contributed by atoms with Gasteiger partial charge >= 0.3 is 0 Å². The van der Waals surface area contributed by atoms with Gasteiger partial charge in [0.15, 0.2) is 0 Å². The molecule has 0 fully saturated rings. The van der Waals surface area contributed by atoms with Crippen LogP contribution in [0.15, 0.2) is 39.8 Å². The Balaban J connectivity index is 1.86. The molecular weight excluding hydrogens is 301 g/mol. The van der Waals surface area contributed by atoms with Crippen molar-refractivity contribution in [1.82, 2.24) is 9.55 Å². The lowest BCUT2D eigenvalue weighted by molar-refractivity contribution is -0.116. The zero-order chi connectivity index (χ0) is 16.6. The molecular formula is C16H14FN3O3. The Morgan fingerprint density at radius 1 is 1.39 bits per heavy atom. The molecule has 3 aromatic rings. The lowest BCUT2D eigenvalue weighted by Crippen LogP contribution is -2.27. The zero-order valence-corrected chi connectivity index (χ0v) is 12.6. The highest BCUT2D eigenvalue weighted by atomic mass is 19.1. The van der Waals surface area contributed by atoms with Crippen LogP contribution in [0.3, 0.4) is 0 Å². The van der Waals surface area contributed by atoms with E-state index in [4.69, 9.17) is 4.42 Å². The lowest BCUT2D eigenvalue weighted by atomic mass is 10.2. The van der Waals surface area contributed by atoms with E-state index in [-0.39, 0.29) is 17.8 Å². The van der Waals surface area contributed by atoms with E-state index in [1.54, 1.807) is 19.9 Å². The summed E-state index contributed by atoms with van der Waals surface area (Å²) >= 11 is 0. The first-order chi connectivity index (χ1) is 11.0. The van der Waals surface area contributed by atoms with Crippen molar-refractivity contribution in [2.75, 3.05) is 5.32 Å². The number of nitrogens with zero attached hydrogens (tertiary/aromatic N) is 2. The van der Waals surface area contributed by atoms with Gasteiger partial charge < -0.3 is 9.73 Å². The summed E-state index contributed by atoms with van der Waals surface area (Å²) in [5, 5.41) is 2.90. The maximum absolute atomic E-state index is 13.1. The van der Waals surface area contributed by atoms with E-state index in [0.29, 0.717) is 22.4 Å². The lowest BCUT2D eigenvalue weighted by Gasteiger charge is -2.07. The van der Waals surface area contributed by atoms with Gasteiger partial charge in [0.25, 0.3) is 5.56 Å². The van der Waals surface area contributed by atoms with Crippen LogP contribution in [0.4, 0.5) is 10.1 Å². The number of carbonyl (C=O) groups is 1. The van der Waals surface area contributed by atoms with Crippen LogP contribution < -0.4 is 10.9 Å². The van der Waals surface area contributed by atoms with Crippen LogP contribution in [0.25, 0.3) is 11.1 Å². The summed E-state index contributed by atoms with van der Waals surface area (Å²) in [6.07, 6.45) is 1.26. The van der Waals surface area contributed by atoms with Crippen LogP contribution in [0.1, 0.15) is 11.3 Å². The first kappa shape index (κ1) is 15.0. The number of rotatable bonds is 3. The van der Waals surface area contributed by atoms with Crippen LogP contribution in [0.2, 0.25) is 0 Å². The molecule has 0 radical (unpaired) electrons. The molecule has 118 valence electrons. The largest absolute Gasteiger partial charge is 0.443 e. The number of hydrogen-bond acceptors (Lipinski definition) is 4. The summed E-state index contributed by atoms with van der Waals surface area (Å²) in [5.41, 5.74) is 0.940. The average Bonchev–Trinajstić information content (AvgIpc) is 2.78. The van der Waals surface area contributed by atoms with Gasteiger partial charge in [0, 0.05) is 11.3 Å². The van der Waals surface area contributed by atoms with E-state index in [1.165, 1.54) is 29.1 Å². The molecule has 6 nitrogen and oxygen atoms in total. The van der Waals surface area contributed by atoms with E-state index >= 15 is 0 Å². The fourth-order valence-electron chi connectivity index (χ4n) is 2.30. The van der Waals surface area contributed by atoms with E-state index in [0.717, 1.165) is 0 Å². The third kappa shape index (κ3) is 2.85. The van der Waals surface area contributed by atoms with E-state index in [9.17, 15) is 14.0 Å². The van der Waals surface area contributed by atoms with Crippen molar-refractivity contribution >= 4 is 22.7 Å². The van der Waals surface area contributed by atoms with Gasteiger partial charge in [-0.15, -0.1) is 0 Å². The highest BCUT2D eigenvalue weighted by molar-refractivity contribution is 5.90. The smallest absolute Gasteiger partial charge is 0.265 e. The van der Waals surface area contributed by atoms with Crippen molar-refractivity contribution < 1.29 is 13.6 Å². The van der Waals surface area contributed by atoms with Gasteiger partial charge in [-0.1, -0.05) is 6.07 Å². The second-order valence-corrected chi connectivity index (χ2v) is 5.20. The van der Waals surface area contributed by atoms with Gasteiger partial charge in [-0.05, 0) is 32.0 Å². The molecule has 23 heavy (non-hydrogen) atoms. The number of nitrogens with one attached hydrogen (secondary N) is 1. The molecule has 7 heteroatoms. The predicted octanol–water partition coefficient (Wildman–Crippen LogP) is 2.38.